The first-order valence-electron chi connectivity index (χ1n) is 6.77. The highest BCUT2D eigenvalue weighted by Gasteiger charge is 2.22. The Morgan fingerprint density at radius 1 is 1.52 bits per heavy atom. The monoisotopic (exact) mass is 331 g/mol. The largest absolute Gasteiger partial charge is 0.478 e. The van der Waals surface area contributed by atoms with Crippen molar-refractivity contribution in [1.82, 2.24) is 14.9 Å². The van der Waals surface area contributed by atoms with Gasteiger partial charge in [0, 0.05) is 19.2 Å². The fourth-order valence-electron chi connectivity index (χ4n) is 2.29. The third-order valence-electron chi connectivity index (χ3n) is 3.49. The lowest BCUT2D eigenvalue weighted by molar-refractivity contribution is 0.119. The number of halogens is 1. The van der Waals surface area contributed by atoms with Gasteiger partial charge in [-0.2, -0.15) is 4.98 Å². The predicted octanol–water partition coefficient (Wildman–Crippen LogP) is 3.01. The summed E-state index contributed by atoms with van der Waals surface area (Å²) in [4.78, 5) is 20.6. The molecule has 2 rings (SSSR count). The van der Waals surface area contributed by atoms with Crippen molar-refractivity contribution in [3.63, 3.8) is 0 Å². The molecule has 1 N–H and O–H groups in total. The third-order valence-corrected chi connectivity index (χ3v) is 4.24. The average Bonchev–Trinajstić information content (AvgIpc) is 2.47. The molecule has 0 atom stereocenters. The molecule has 0 bridgehead atoms. The predicted molar refractivity (Wildman–Crippen MR) is 81.3 cm³/mol. The molecule has 1 saturated heterocycles. The average molecular weight is 332 g/mol. The second kappa shape index (κ2) is 7.70. The number of carbonyl (C=O) groups is 1. The molecule has 0 aliphatic carbocycles. The van der Waals surface area contributed by atoms with Crippen LogP contribution in [-0.2, 0) is 0 Å². The van der Waals surface area contributed by atoms with Crippen LogP contribution in [0.25, 0.3) is 0 Å². The van der Waals surface area contributed by atoms with E-state index in [1.807, 2.05) is 6.26 Å². The molecule has 1 aromatic heterocycles. The standard InChI is InChI=1S/C13H18ClN3O3S/c1-21-12-15-10(14)8-11(16-12)20-7-4-9-2-5-17(6-3-9)13(18)19/h8-9H,2-7H2,1H3,(H,18,19). The van der Waals surface area contributed by atoms with Crippen LogP contribution in [0, 0.1) is 5.92 Å². The van der Waals surface area contributed by atoms with Crippen LogP contribution in [0.2, 0.25) is 5.15 Å². The Bertz CT molecular complexity index is 496. The normalized spacial score (nSPS) is 16.0. The number of rotatable bonds is 5. The van der Waals surface area contributed by atoms with E-state index in [0.717, 1.165) is 19.3 Å². The molecule has 0 unspecified atom stereocenters. The van der Waals surface area contributed by atoms with Crippen molar-refractivity contribution in [3.05, 3.63) is 11.2 Å². The van der Waals surface area contributed by atoms with E-state index in [0.29, 0.717) is 41.8 Å². The molecule has 0 spiro atoms. The lowest BCUT2D eigenvalue weighted by Gasteiger charge is -2.29. The van der Waals surface area contributed by atoms with E-state index >= 15 is 0 Å². The highest BCUT2D eigenvalue weighted by molar-refractivity contribution is 7.98. The van der Waals surface area contributed by atoms with E-state index < -0.39 is 6.09 Å². The molecule has 0 radical (unpaired) electrons. The first-order valence-corrected chi connectivity index (χ1v) is 8.38. The van der Waals surface area contributed by atoms with Gasteiger partial charge in [0.25, 0.3) is 0 Å². The van der Waals surface area contributed by atoms with Gasteiger partial charge in [-0.15, -0.1) is 0 Å². The number of hydrogen-bond donors (Lipinski definition) is 1. The molecule has 1 aromatic rings. The first kappa shape index (κ1) is 16.2. The van der Waals surface area contributed by atoms with Crippen molar-refractivity contribution in [1.29, 1.82) is 0 Å². The van der Waals surface area contributed by atoms with Crippen molar-refractivity contribution in [3.8, 4) is 5.88 Å². The Morgan fingerprint density at radius 3 is 2.86 bits per heavy atom. The summed E-state index contributed by atoms with van der Waals surface area (Å²) >= 11 is 7.31. The SMILES string of the molecule is CSc1nc(Cl)cc(OCCC2CCN(C(=O)O)CC2)n1. The Hall–Kier alpha value is -1.21. The zero-order valence-corrected chi connectivity index (χ0v) is 13.4. The molecule has 21 heavy (non-hydrogen) atoms. The van der Waals surface area contributed by atoms with Crippen LogP contribution in [-0.4, -0.2) is 52.0 Å². The molecule has 116 valence electrons. The number of likely N-dealkylation sites (tertiary alicyclic amines) is 1. The van der Waals surface area contributed by atoms with Gasteiger partial charge in [-0.1, -0.05) is 23.4 Å². The zero-order chi connectivity index (χ0) is 15.2. The number of ether oxygens (including phenoxy) is 1. The van der Waals surface area contributed by atoms with Crippen LogP contribution in [0.3, 0.4) is 0 Å². The zero-order valence-electron chi connectivity index (χ0n) is 11.8. The minimum absolute atomic E-state index is 0.374. The van der Waals surface area contributed by atoms with Crippen LogP contribution in [0.1, 0.15) is 19.3 Å². The minimum atomic E-state index is -0.829. The van der Waals surface area contributed by atoms with Gasteiger partial charge in [0.1, 0.15) is 5.15 Å². The quantitative estimate of drug-likeness (QED) is 0.508. The Kier molecular flexibility index (Phi) is 5.93. The summed E-state index contributed by atoms with van der Waals surface area (Å²) in [5.74, 6) is 0.986. The minimum Gasteiger partial charge on any atom is -0.478 e. The summed E-state index contributed by atoms with van der Waals surface area (Å²) in [6.07, 6.45) is 3.71. The van der Waals surface area contributed by atoms with Crippen LogP contribution >= 0.6 is 23.4 Å². The van der Waals surface area contributed by atoms with Crippen molar-refractivity contribution in [2.75, 3.05) is 26.0 Å². The highest BCUT2D eigenvalue weighted by Crippen LogP contribution is 2.22. The van der Waals surface area contributed by atoms with Gasteiger partial charge in [0.05, 0.1) is 6.61 Å². The molecule has 1 aliphatic rings. The molecule has 0 aromatic carbocycles. The van der Waals surface area contributed by atoms with Gasteiger partial charge >= 0.3 is 6.09 Å². The number of aromatic nitrogens is 2. The van der Waals surface area contributed by atoms with Crippen molar-refractivity contribution >= 4 is 29.5 Å². The fraction of sp³-hybridized carbons (Fsp3) is 0.615. The summed E-state index contributed by atoms with van der Waals surface area (Å²) in [6, 6.07) is 1.61. The molecule has 8 heteroatoms. The van der Waals surface area contributed by atoms with Crippen molar-refractivity contribution < 1.29 is 14.6 Å². The van der Waals surface area contributed by atoms with Gasteiger partial charge in [0.15, 0.2) is 5.16 Å². The second-order valence-electron chi connectivity index (χ2n) is 4.87. The number of hydrogen-bond acceptors (Lipinski definition) is 5. The summed E-state index contributed by atoms with van der Waals surface area (Å²) < 4.78 is 5.63. The fourth-order valence-corrected chi connectivity index (χ4v) is 2.88. The van der Waals surface area contributed by atoms with Gasteiger partial charge in [-0.3, -0.25) is 0 Å². The van der Waals surface area contributed by atoms with E-state index in [-0.39, 0.29) is 0 Å². The molecule has 0 saturated carbocycles. The summed E-state index contributed by atoms with van der Waals surface area (Å²) in [7, 11) is 0. The van der Waals surface area contributed by atoms with Gasteiger partial charge in [-0.05, 0) is 31.4 Å². The maximum atomic E-state index is 10.8. The van der Waals surface area contributed by atoms with E-state index in [4.69, 9.17) is 21.4 Å². The Morgan fingerprint density at radius 2 is 2.24 bits per heavy atom. The number of nitrogens with zero attached hydrogens (tertiary/aromatic N) is 3. The maximum absolute atomic E-state index is 10.8. The van der Waals surface area contributed by atoms with Crippen LogP contribution in [0.15, 0.2) is 11.2 Å². The molecule has 6 nitrogen and oxygen atoms in total. The molecule has 2 heterocycles. The molecule has 1 amide bonds. The molecular weight excluding hydrogens is 314 g/mol. The summed E-state index contributed by atoms with van der Waals surface area (Å²) in [5.41, 5.74) is 0. The van der Waals surface area contributed by atoms with E-state index in [1.54, 1.807) is 6.07 Å². The lowest BCUT2D eigenvalue weighted by Crippen LogP contribution is -2.37. The smallest absolute Gasteiger partial charge is 0.407 e. The Balaban J connectivity index is 1.75. The van der Waals surface area contributed by atoms with Crippen LogP contribution in [0.4, 0.5) is 4.79 Å². The summed E-state index contributed by atoms with van der Waals surface area (Å²) in [6.45, 7) is 1.77. The van der Waals surface area contributed by atoms with E-state index in [1.165, 1.54) is 16.7 Å². The number of piperidine rings is 1. The van der Waals surface area contributed by atoms with Crippen molar-refractivity contribution in [2.24, 2.45) is 5.92 Å². The van der Waals surface area contributed by atoms with Gasteiger partial charge < -0.3 is 14.7 Å². The Labute approximate surface area is 132 Å². The number of amides is 1. The van der Waals surface area contributed by atoms with Crippen LogP contribution in [0.5, 0.6) is 5.88 Å². The first-order chi connectivity index (χ1) is 10.1. The van der Waals surface area contributed by atoms with E-state index in [9.17, 15) is 4.79 Å². The topological polar surface area (TPSA) is 75.5 Å². The van der Waals surface area contributed by atoms with Crippen molar-refractivity contribution in [2.45, 2.75) is 24.4 Å². The van der Waals surface area contributed by atoms with Gasteiger partial charge in [0.2, 0.25) is 5.88 Å². The number of carboxylic acid groups (broad SMARTS) is 1. The van der Waals surface area contributed by atoms with Crippen LogP contribution < -0.4 is 4.74 Å². The number of thioether (sulfide) groups is 1. The van der Waals surface area contributed by atoms with E-state index in [2.05, 4.69) is 9.97 Å². The lowest BCUT2D eigenvalue weighted by atomic mass is 9.94. The molecule has 1 fully saturated rings. The molecule has 1 aliphatic heterocycles. The highest BCUT2D eigenvalue weighted by atomic mass is 35.5. The second-order valence-corrected chi connectivity index (χ2v) is 6.03. The summed E-state index contributed by atoms with van der Waals surface area (Å²) in [5, 5.41) is 9.86. The van der Waals surface area contributed by atoms with Gasteiger partial charge in [-0.25, -0.2) is 9.78 Å². The third kappa shape index (κ3) is 4.93. The molecular formula is C13H18ClN3O3S. The maximum Gasteiger partial charge on any atom is 0.407 e.